The molecule has 29 heavy (non-hydrogen) atoms. The summed E-state index contributed by atoms with van der Waals surface area (Å²) in [6.07, 6.45) is 2.19. The minimum atomic E-state index is -0.0397. The van der Waals surface area contributed by atoms with Crippen LogP contribution in [0, 0.1) is 6.92 Å². The first kappa shape index (κ1) is 18.3. The van der Waals surface area contributed by atoms with Gasteiger partial charge in [-0.15, -0.1) is 11.3 Å². The Labute approximate surface area is 173 Å². The molecule has 146 valence electrons. The monoisotopic (exact) mass is 401 g/mol. The number of nitrogens with one attached hydrogen (secondary N) is 1. The molecule has 5 heteroatoms. The maximum atomic E-state index is 12.5. The second-order valence-corrected chi connectivity index (χ2v) is 8.71. The molecule has 5 rings (SSSR count). The third-order valence-corrected chi connectivity index (χ3v) is 6.67. The van der Waals surface area contributed by atoms with Crippen LogP contribution in [0.1, 0.15) is 40.5 Å². The lowest BCUT2D eigenvalue weighted by Crippen LogP contribution is -2.28. The Morgan fingerprint density at radius 1 is 1.10 bits per heavy atom. The van der Waals surface area contributed by atoms with E-state index in [1.54, 1.807) is 0 Å². The zero-order chi connectivity index (χ0) is 19.8. The Bertz CT molecular complexity index is 1210. The normalized spacial score (nSPS) is 15.9. The van der Waals surface area contributed by atoms with Gasteiger partial charge in [-0.05, 0) is 47.9 Å². The predicted octanol–water partition coefficient (Wildman–Crippen LogP) is 4.98. The smallest absolute Gasteiger partial charge is 0.268 e. The molecule has 2 aromatic heterocycles. The van der Waals surface area contributed by atoms with Gasteiger partial charge < -0.3 is 4.98 Å². The average Bonchev–Trinajstić information content (AvgIpc) is 3.36. The Kier molecular flexibility index (Phi) is 4.78. The van der Waals surface area contributed by atoms with Gasteiger partial charge in [-0.3, -0.25) is 9.69 Å². The van der Waals surface area contributed by atoms with Gasteiger partial charge in [0.05, 0.1) is 12.1 Å². The van der Waals surface area contributed by atoms with Gasteiger partial charge in [0.25, 0.3) is 5.56 Å². The van der Waals surface area contributed by atoms with Crippen molar-refractivity contribution in [3.63, 3.8) is 0 Å². The molecule has 0 radical (unpaired) electrons. The van der Waals surface area contributed by atoms with Crippen molar-refractivity contribution in [2.24, 2.45) is 0 Å². The molecular formula is C24H23N3OS. The summed E-state index contributed by atoms with van der Waals surface area (Å²) in [7, 11) is 0. The van der Waals surface area contributed by atoms with Crippen LogP contribution in [0.3, 0.4) is 0 Å². The van der Waals surface area contributed by atoms with E-state index in [4.69, 9.17) is 4.98 Å². The van der Waals surface area contributed by atoms with Gasteiger partial charge in [0.15, 0.2) is 0 Å². The van der Waals surface area contributed by atoms with Crippen molar-refractivity contribution in [2.75, 3.05) is 0 Å². The first-order valence-electron chi connectivity index (χ1n) is 10.0. The molecule has 0 bridgehead atoms. The van der Waals surface area contributed by atoms with E-state index in [1.807, 2.05) is 11.4 Å². The van der Waals surface area contributed by atoms with Crippen LogP contribution in [-0.4, -0.2) is 14.9 Å². The summed E-state index contributed by atoms with van der Waals surface area (Å²) in [6.45, 7) is 3.55. The molecule has 0 saturated carbocycles. The number of fused-ring (bicyclic) bond motifs is 2. The molecule has 1 unspecified atom stereocenters. The second kappa shape index (κ2) is 7.58. The number of thiophene rings is 1. The molecule has 2 aromatic carbocycles. The van der Waals surface area contributed by atoms with Crippen molar-refractivity contribution >= 4 is 21.6 Å². The van der Waals surface area contributed by atoms with Gasteiger partial charge in [-0.1, -0.05) is 54.1 Å². The van der Waals surface area contributed by atoms with Gasteiger partial charge in [0.2, 0.25) is 0 Å². The molecule has 0 fully saturated rings. The predicted molar refractivity (Wildman–Crippen MR) is 118 cm³/mol. The summed E-state index contributed by atoms with van der Waals surface area (Å²) in [4.78, 5) is 22.6. The Morgan fingerprint density at radius 2 is 1.93 bits per heavy atom. The van der Waals surface area contributed by atoms with E-state index in [0.717, 1.165) is 30.7 Å². The first-order chi connectivity index (χ1) is 14.2. The lowest BCUT2D eigenvalue weighted by molar-refractivity contribution is 0.174. The first-order valence-corrected chi connectivity index (χ1v) is 10.9. The van der Waals surface area contributed by atoms with Crippen LogP contribution in [0.15, 0.2) is 64.8 Å². The third kappa shape index (κ3) is 3.63. The van der Waals surface area contributed by atoms with E-state index in [2.05, 4.69) is 65.3 Å². The highest BCUT2D eigenvalue weighted by Crippen LogP contribution is 2.37. The Morgan fingerprint density at radius 3 is 2.79 bits per heavy atom. The number of rotatable bonds is 5. The van der Waals surface area contributed by atoms with Gasteiger partial charge in [-0.25, -0.2) is 4.98 Å². The quantitative estimate of drug-likeness (QED) is 0.513. The van der Waals surface area contributed by atoms with Gasteiger partial charge in [0.1, 0.15) is 10.5 Å². The minimum absolute atomic E-state index is 0.0397. The van der Waals surface area contributed by atoms with E-state index in [9.17, 15) is 4.79 Å². The van der Waals surface area contributed by atoms with Gasteiger partial charge in [0, 0.05) is 12.6 Å². The molecule has 2 heterocycles. The number of aromatic nitrogens is 2. The summed E-state index contributed by atoms with van der Waals surface area (Å²) < 4.78 is 0.699. The van der Waals surface area contributed by atoms with Crippen LogP contribution in [-0.2, 0) is 19.5 Å². The lowest BCUT2D eigenvalue weighted by Gasteiger charge is -2.29. The van der Waals surface area contributed by atoms with Crippen LogP contribution >= 0.6 is 11.3 Å². The lowest BCUT2D eigenvalue weighted by atomic mass is 10.1. The number of H-pyrrole nitrogens is 1. The highest BCUT2D eigenvalue weighted by Gasteiger charge is 2.28. The third-order valence-electron chi connectivity index (χ3n) is 5.77. The van der Waals surface area contributed by atoms with Crippen molar-refractivity contribution in [2.45, 2.75) is 38.9 Å². The van der Waals surface area contributed by atoms with E-state index in [0.29, 0.717) is 17.3 Å². The summed E-state index contributed by atoms with van der Waals surface area (Å²) in [5.74, 6) is 0.734. The maximum Gasteiger partial charge on any atom is 0.268 e. The van der Waals surface area contributed by atoms with Crippen molar-refractivity contribution in [3.8, 4) is 0 Å². The van der Waals surface area contributed by atoms with Crippen LogP contribution < -0.4 is 5.56 Å². The molecular weight excluding hydrogens is 378 g/mol. The number of aromatic amines is 1. The van der Waals surface area contributed by atoms with Crippen molar-refractivity contribution in [1.82, 2.24) is 14.9 Å². The molecule has 1 aliphatic carbocycles. The Hall–Kier alpha value is -2.76. The number of benzene rings is 2. The molecule has 0 amide bonds. The van der Waals surface area contributed by atoms with E-state index in [-0.39, 0.29) is 5.56 Å². The largest absolute Gasteiger partial charge is 0.308 e. The molecule has 1 atom stereocenters. The fraction of sp³-hybridized carbons (Fsp3) is 0.250. The molecule has 0 aliphatic heterocycles. The molecule has 4 aromatic rings. The SMILES string of the molecule is Cc1ccc(CN(Cc2nc3ccsc3c(=O)[nH]2)C2CCc3ccccc32)cc1. The molecule has 0 saturated heterocycles. The highest BCUT2D eigenvalue weighted by molar-refractivity contribution is 7.17. The zero-order valence-electron chi connectivity index (χ0n) is 16.4. The maximum absolute atomic E-state index is 12.5. The molecule has 1 N–H and O–H groups in total. The summed E-state index contributed by atoms with van der Waals surface area (Å²) in [6, 6.07) is 19.7. The van der Waals surface area contributed by atoms with Gasteiger partial charge >= 0.3 is 0 Å². The van der Waals surface area contributed by atoms with Crippen LogP contribution in [0.2, 0.25) is 0 Å². The molecule has 1 aliphatic rings. The number of hydrogen-bond acceptors (Lipinski definition) is 4. The topological polar surface area (TPSA) is 49.0 Å². The second-order valence-electron chi connectivity index (χ2n) is 7.79. The van der Waals surface area contributed by atoms with Crippen molar-refractivity contribution < 1.29 is 0 Å². The Balaban J connectivity index is 1.50. The van der Waals surface area contributed by atoms with Crippen molar-refractivity contribution in [3.05, 3.63) is 98.4 Å². The van der Waals surface area contributed by atoms with Gasteiger partial charge in [-0.2, -0.15) is 0 Å². The number of aryl methyl sites for hydroxylation is 2. The fourth-order valence-corrected chi connectivity index (χ4v) is 5.03. The average molecular weight is 402 g/mol. The summed E-state index contributed by atoms with van der Waals surface area (Å²) in [5.41, 5.74) is 6.12. The van der Waals surface area contributed by atoms with E-state index >= 15 is 0 Å². The zero-order valence-corrected chi connectivity index (χ0v) is 17.2. The van der Waals surface area contributed by atoms with E-state index < -0.39 is 0 Å². The molecule has 0 spiro atoms. The van der Waals surface area contributed by atoms with Crippen LogP contribution in [0.25, 0.3) is 10.2 Å². The van der Waals surface area contributed by atoms with Crippen LogP contribution in [0.5, 0.6) is 0 Å². The number of nitrogens with zero attached hydrogens (tertiary/aromatic N) is 2. The van der Waals surface area contributed by atoms with Crippen molar-refractivity contribution in [1.29, 1.82) is 0 Å². The standard InChI is InChI=1S/C24H23N3OS/c1-16-6-8-17(9-7-16)14-27(21-11-10-18-4-2-3-5-19(18)21)15-22-25-20-12-13-29-23(20)24(28)26-22/h2-9,12-13,21H,10-11,14-15H2,1H3,(H,25,26,28). The van der Waals surface area contributed by atoms with Crippen LogP contribution in [0.4, 0.5) is 0 Å². The summed E-state index contributed by atoms with van der Waals surface area (Å²) in [5, 5.41) is 1.92. The fourth-order valence-electron chi connectivity index (χ4n) is 4.31. The highest BCUT2D eigenvalue weighted by atomic mass is 32.1. The summed E-state index contributed by atoms with van der Waals surface area (Å²) >= 11 is 1.44. The number of hydrogen-bond donors (Lipinski definition) is 1. The minimum Gasteiger partial charge on any atom is -0.308 e. The van der Waals surface area contributed by atoms with E-state index in [1.165, 1.54) is 33.6 Å². The molecule has 4 nitrogen and oxygen atoms in total.